The van der Waals surface area contributed by atoms with Crippen LogP contribution < -0.4 is 0 Å². The first-order valence-electron chi connectivity index (χ1n) is 1.57. The van der Waals surface area contributed by atoms with Crippen molar-refractivity contribution in [3.05, 3.63) is 0 Å². The van der Waals surface area contributed by atoms with Crippen LogP contribution in [-0.4, -0.2) is 6.73 Å². The maximum Gasteiger partial charge on any atom is 0.376 e. The Labute approximate surface area is 54.1 Å². The molecular weight excluding hydrogens is 158 g/mol. The van der Waals surface area contributed by atoms with Gasteiger partial charge in [-0.1, -0.05) is 13.8 Å². The van der Waals surface area contributed by atoms with Gasteiger partial charge in [0.2, 0.25) is 0 Å². The fourth-order valence-electron chi connectivity index (χ4n) is 0. The van der Waals surface area contributed by atoms with Crippen LogP contribution in [0.5, 0.6) is 0 Å². The topological polar surface area (TPSA) is 0 Å². The maximum absolute atomic E-state index is 4.91. The van der Waals surface area contributed by atoms with Gasteiger partial charge in [0.15, 0.2) is 0 Å². The SMILES string of the molecule is CC.Cl[Si](Cl)Cl. The van der Waals surface area contributed by atoms with Crippen LogP contribution >= 0.6 is 33.2 Å². The first-order valence-corrected chi connectivity index (χ1v) is 6.10. The van der Waals surface area contributed by atoms with Gasteiger partial charge in [0.25, 0.3) is 0 Å². The summed E-state index contributed by atoms with van der Waals surface area (Å²) in [6.45, 7) is 2.54. The average Bonchev–Trinajstić information content (AvgIpc) is 1.41. The predicted molar refractivity (Wildman–Crippen MR) is 34.7 cm³/mol. The molecule has 0 nitrogen and oxygen atoms in total. The highest BCUT2D eigenvalue weighted by Gasteiger charge is 1.88. The Kier molecular flexibility index (Phi) is 15.9. The summed E-state index contributed by atoms with van der Waals surface area (Å²) < 4.78 is 0. The number of rotatable bonds is 0. The minimum atomic E-state index is -1.46. The monoisotopic (exact) mass is 163 g/mol. The Bertz CT molecular complexity index is 13.5. The summed E-state index contributed by atoms with van der Waals surface area (Å²) in [6.07, 6.45) is 0. The van der Waals surface area contributed by atoms with E-state index in [1.54, 1.807) is 0 Å². The zero-order valence-corrected chi connectivity index (χ0v) is 6.90. The third-order valence-corrected chi connectivity index (χ3v) is 0. The van der Waals surface area contributed by atoms with Crippen molar-refractivity contribution in [1.29, 1.82) is 0 Å². The lowest BCUT2D eigenvalue weighted by Gasteiger charge is -1.62. The molecule has 0 aliphatic heterocycles. The van der Waals surface area contributed by atoms with Crippen LogP contribution in [0.3, 0.4) is 0 Å². The van der Waals surface area contributed by atoms with Gasteiger partial charge in [-0.2, -0.15) is 0 Å². The van der Waals surface area contributed by atoms with Crippen LogP contribution in [0, 0.1) is 0 Å². The highest BCUT2D eigenvalue weighted by Crippen LogP contribution is 1.97. The molecule has 0 fully saturated rings. The molecule has 0 amide bonds. The fourth-order valence-corrected chi connectivity index (χ4v) is 0. The van der Waals surface area contributed by atoms with Crippen molar-refractivity contribution in [2.75, 3.05) is 0 Å². The molecule has 4 heteroatoms. The van der Waals surface area contributed by atoms with Gasteiger partial charge in [0.05, 0.1) is 0 Å². The lowest BCUT2D eigenvalue weighted by Crippen LogP contribution is -1.66. The third-order valence-electron chi connectivity index (χ3n) is 0. The molecule has 0 atom stereocenters. The second-order valence-corrected chi connectivity index (χ2v) is 5.79. The molecule has 0 spiro atoms. The molecular formula is C2H6Cl3Si. The quantitative estimate of drug-likeness (QED) is 0.382. The van der Waals surface area contributed by atoms with E-state index in [1.165, 1.54) is 0 Å². The third kappa shape index (κ3) is 71.9. The second kappa shape index (κ2) is 9.43. The van der Waals surface area contributed by atoms with E-state index < -0.39 is 6.73 Å². The molecule has 0 aliphatic carbocycles. The van der Waals surface area contributed by atoms with Gasteiger partial charge in [0.1, 0.15) is 0 Å². The van der Waals surface area contributed by atoms with Crippen molar-refractivity contribution in [2.24, 2.45) is 0 Å². The molecule has 0 aromatic rings. The van der Waals surface area contributed by atoms with E-state index in [2.05, 4.69) is 0 Å². The molecule has 6 heavy (non-hydrogen) atoms. The van der Waals surface area contributed by atoms with Gasteiger partial charge in [-0.05, 0) is 0 Å². The van der Waals surface area contributed by atoms with Crippen LogP contribution in [0.4, 0.5) is 0 Å². The Hall–Kier alpha value is 1.09. The summed E-state index contributed by atoms with van der Waals surface area (Å²) in [5.74, 6) is 0. The first kappa shape index (κ1) is 10.1. The van der Waals surface area contributed by atoms with E-state index in [4.69, 9.17) is 33.2 Å². The van der Waals surface area contributed by atoms with Crippen LogP contribution in [0.2, 0.25) is 0 Å². The van der Waals surface area contributed by atoms with E-state index in [9.17, 15) is 0 Å². The standard InChI is InChI=1S/C2H6.Cl3Si/c1-2;1-4(2)3/h1-2H3;. The molecule has 0 heterocycles. The summed E-state index contributed by atoms with van der Waals surface area (Å²) in [7, 11) is 0. The minimum absolute atomic E-state index is 1.46. The van der Waals surface area contributed by atoms with Gasteiger partial charge in [-0.3, -0.25) is 0 Å². The van der Waals surface area contributed by atoms with Crippen molar-refractivity contribution in [1.82, 2.24) is 0 Å². The molecule has 0 saturated heterocycles. The lowest BCUT2D eigenvalue weighted by atomic mass is 11.0. The molecule has 1 radical (unpaired) electrons. The molecule has 0 rings (SSSR count). The van der Waals surface area contributed by atoms with Gasteiger partial charge < -0.3 is 0 Å². The van der Waals surface area contributed by atoms with Gasteiger partial charge in [-0.15, -0.1) is 33.2 Å². The van der Waals surface area contributed by atoms with E-state index in [1.807, 2.05) is 13.8 Å². The van der Waals surface area contributed by atoms with E-state index in [-0.39, 0.29) is 0 Å². The lowest BCUT2D eigenvalue weighted by molar-refractivity contribution is 1.50. The van der Waals surface area contributed by atoms with Crippen LogP contribution in [0.25, 0.3) is 0 Å². The Balaban J connectivity index is 0. The normalized spacial score (nSPS) is 7.00. The largest absolute Gasteiger partial charge is 0.376 e. The predicted octanol–water partition coefficient (Wildman–Crippen LogP) is 2.71. The van der Waals surface area contributed by atoms with Crippen LogP contribution in [-0.2, 0) is 0 Å². The number of halogens is 3. The zero-order valence-electron chi connectivity index (χ0n) is 3.63. The summed E-state index contributed by atoms with van der Waals surface area (Å²) in [5.41, 5.74) is 0. The van der Waals surface area contributed by atoms with Gasteiger partial charge in [-0.25, -0.2) is 0 Å². The molecule has 0 unspecified atom stereocenters. The molecule has 0 saturated carbocycles. The van der Waals surface area contributed by atoms with Gasteiger partial charge >= 0.3 is 6.73 Å². The summed E-state index contributed by atoms with van der Waals surface area (Å²) in [5, 5.41) is 0. The van der Waals surface area contributed by atoms with Crippen molar-refractivity contribution < 1.29 is 0 Å². The molecule has 0 aliphatic rings. The van der Waals surface area contributed by atoms with Crippen molar-refractivity contribution in [3.8, 4) is 0 Å². The molecule has 0 aromatic carbocycles. The Morgan fingerprint density at radius 2 is 1.00 bits per heavy atom. The summed E-state index contributed by atoms with van der Waals surface area (Å²) in [4.78, 5) is 0. The van der Waals surface area contributed by atoms with Crippen LogP contribution in [0.1, 0.15) is 13.8 Å². The molecule has 0 bridgehead atoms. The maximum atomic E-state index is 4.91. The Morgan fingerprint density at radius 3 is 1.00 bits per heavy atom. The van der Waals surface area contributed by atoms with Gasteiger partial charge in [0, 0.05) is 0 Å². The highest BCUT2D eigenvalue weighted by molar-refractivity contribution is 7.54. The van der Waals surface area contributed by atoms with Crippen LogP contribution in [0.15, 0.2) is 0 Å². The smallest absolute Gasteiger partial charge is 0.125 e. The van der Waals surface area contributed by atoms with Crippen molar-refractivity contribution >= 4 is 40.0 Å². The zero-order chi connectivity index (χ0) is 5.58. The second-order valence-electron chi connectivity index (χ2n) is 0.214. The molecule has 0 aromatic heterocycles. The van der Waals surface area contributed by atoms with E-state index >= 15 is 0 Å². The minimum Gasteiger partial charge on any atom is -0.125 e. The highest BCUT2D eigenvalue weighted by atomic mass is 35.8. The van der Waals surface area contributed by atoms with E-state index in [0.717, 1.165) is 0 Å². The Morgan fingerprint density at radius 1 is 1.00 bits per heavy atom. The molecule has 0 N–H and O–H groups in total. The fraction of sp³-hybridized carbons (Fsp3) is 1.00. The van der Waals surface area contributed by atoms with E-state index in [0.29, 0.717) is 0 Å². The van der Waals surface area contributed by atoms with Crippen molar-refractivity contribution in [3.63, 3.8) is 0 Å². The average molecular weight is 165 g/mol. The summed E-state index contributed by atoms with van der Waals surface area (Å²) >= 11 is 14.7. The number of hydrogen-bond donors (Lipinski definition) is 0. The van der Waals surface area contributed by atoms with Crippen molar-refractivity contribution in [2.45, 2.75) is 13.8 Å². The first-order chi connectivity index (χ1) is 2.73. The number of hydrogen-bond acceptors (Lipinski definition) is 0. The summed E-state index contributed by atoms with van der Waals surface area (Å²) in [6, 6.07) is 0. The molecule has 39 valence electrons.